The lowest BCUT2D eigenvalue weighted by atomic mass is 9.71. The number of methoxy groups -OCH3 is 3. The number of hydrogen-bond donors (Lipinski definition) is 0. The molecule has 1 saturated heterocycles. The van der Waals surface area contributed by atoms with Gasteiger partial charge in [0.1, 0.15) is 11.4 Å². The molecule has 0 spiro atoms. The summed E-state index contributed by atoms with van der Waals surface area (Å²) in [5, 5.41) is 0. The number of aryl methyl sites for hydroxylation is 1. The van der Waals surface area contributed by atoms with Gasteiger partial charge in [-0.05, 0) is 114 Å². The van der Waals surface area contributed by atoms with Crippen molar-refractivity contribution < 1.29 is 18.9 Å². The van der Waals surface area contributed by atoms with E-state index in [1.165, 1.54) is 22.4 Å². The first-order valence-corrected chi connectivity index (χ1v) is 16.6. The highest BCUT2D eigenvalue weighted by atomic mass is 16.7. The molecule has 5 heteroatoms. The minimum Gasteiger partial charge on any atom is -0.488 e. The largest absolute Gasteiger partial charge is 0.488 e. The summed E-state index contributed by atoms with van der Waals surface area (Å²) in [6, 6.07) is 16.0. The second-order valence-corrected chi connectivity index (χ2v) is 12.5. The van der Waals surface area contributed by atoms with Crippen LogP contribution in [0, 0.1) is 5.92 Å². The lowest BCUT2D eigenvalue weighted by Crippen LogP contribution is -2.47. The fourth-order valence-corrected chi connectivity index (χ4v) is 6.24. The van der Waals surface area contributed by atoms with E-state index in [-0.39, 0.29) is 17.5 Å². The molecular weight excluding hydrogens is 546 g/mol. The number of hydrogen-bond acceptors (Lipinski definition) is 5. The van der Waals surface area contributed by atoms with E-state index in [1.54, 1.807) is 14.2 Å². The van der Waals surface area contributed by atoms with Gasteiger partial charge in [-0.2, -0.15) is 0 Å². The zero-order valence-electron chi connectivity index (χ0n) is 29.6. The predicted octanol–water partition coefficient (Wildman–Crippen LogP) is 9.74. The molecule has 1 aliphatic carbocycles. The average Bonchev–Trinajstić information content (AvgIpc) is 3.04. The highest BCUT2D eigenvalue weighted by molar-refractivity contribution is 5.52. The second-order valence-electron chi connectivity index (χ2n) is 12.5. The first-order valence-electron chi connectivity index (χ1n) is 16.6. The molecule has 4 rings (SSSR count). The number of piperidine rings is 1. The molecule has 246 valence electrons. The Labute approximate surface area is 269 Å². The Hall–Kier alpha value is -2.60. The molecule has 0 N–H and O–H groups in total. The van der Waals surface area contributed by atoms with Gasteiger partial charge in [-0.1, -0.05) is 56.4 Å². The molecule has 2 aromatic carbocycles. The molecular formula is C39H61NO4. The minimum atomic E-state index is -0.236. The van der Waals surface area contributed by atoms with Crippen LogP contribution in [-0.2, 0) is 20.6 Å². The summed E-state index contributed by atoms with van der Waals surface area (Å²) in [6.07, 6.45) is 13.3. The molecule has 2 aromatic rings. The van der Waals surface area contributed by atoms with Gasteiger partial charge in [0, 0.05) is 52.4 Å². The summed E-state index contributed by atoms with van der Waals surface area (Å²) in [4.78, 5) is 2.48. The van der Waals surface area contributed by atoms with Gasteiger partial charge in [-0.25, -0.2) is 0 Å². The summed E-state index contributed by atoms with van der Waals surface area (Å²) in [7, 11) is 5.20. The van der Waals surface area contributed by atoms with Crippen molar-refractivity contribution in [2.24, 2.45) is 5.92 Å². The lowest BCUT2D eigenvalue weighted by Gasteiger charge is -2.43. The summed E-state index contributed by atoms with van der Waals surface area (Å²) in [6.45, 7) is 18.4. The van der Waals surface area contributed by atoms with Crippen LogP contribution in [-0.4, -0.2) is 51.9 Å². The van der Waals surface area contributed by atoms with E-state index < -0.39 is 0 Å². The molecule has 0 saturated carbocycles. The van der Waals surface area contributed by atoms with E-state index in [4.69, 9.17) is 18.9 Å². The monoisotopic (exact) mass is 607 g/mol. The number of benzene rings is 2. The maximum atomic E-state index is 6.18. The van der Waals surface area contributed by atoms with E-state index >= 15 is 0 Å². The summed E-state index contributed by atoms with van der Waals surface area (Å²) in [5.74, 6) is 1.82. The number of allylic oxidation sites excluding steroid dienone is 4. The van der Waals surface area contributed by atoms with Crippen molar-refractivity contribution in [1.29, 1.82) is 0 Å². The molecule has 0 amide bonds. The SMILES string of the molecule is C/C=C/C1CCc2cc(OC(C)(C)C)ccc2C1c1ccc(N2CCC(CC(OC)OC)(OC)CC2)cc1.C/C=C\C.CC. The van der Waals surface area contributed by atoms with Crippen LogP contribution in [0.5, 0.6) is 5.75 Å². The van der Waals surface area contributed by atoms with Crippen LogP contribution in [0.4, 0.5) is 5.69 Å². The number of rotatable bonds is 9. The average molecular weight is 608 g/mol. The van der Waals surface area contributed by atoms with Gasteiger partial charge < -0.3 is 23.8 Å². The van der Waals surface area contributed by atoms with E-state index in [0.29, 0.717) is 11.8 Å². The van der Waals surface area contributed by atoms with Gasteiger partial charge in [-0.3, -0.25) is 0 Å². The molecule has 1 fully saturated rings. The Morgan fingerprint density at radius 2 is 1.50 bits per heavy atom. The number of nitrogens with zero attached hydrogens (tertiary/aromatic N) is 1. The molecule has 1 heterocycles. The zero-order valence-corrected chi connectivity index (χ0v) is 29.6. The van der Waals surface area contributed by atoms with Crippen molar-refractivity contribution in [3.8, 4) is 5.75 Å². The van der Waals surface area contributed by atoms with Gasteiger partial charge in [0.25, 0.3) is 0 Å². The molecule has 0 aromatic heterocycles. The third kappa shape index (κ3) is 10.5. The number of ether oxygens (including phenoxy) is 4. The van der Waals surface area contributed by atoms with Crippen LogP contribution in [0.15, 0.2) is 66.8 Å². The zero-order chi connectivity index (χ0) is 32.8. The van der Waals surface area contributed by atoms with Crippen LogP contribution >= 0.6 is 0 Å². The quantitative estimate of drug-likeness (QED) is 0.210. The number of fused-ring (bicyclic) bond motifs is 1. The van der Waals surface area contributed by atoms with Crippen molar-refractivity contribution in [1.82, 2.24) is 0 Å². The lowest BCUT2D eigenvalue weighted by molar-refractivity contribution is -0.156. The van der Waals surface area contributed by atoms with Crippen LogP contribution in [0.2, 0.25) is 0 Å². The molecule has 0 bridgehead atoms. The van der Waals surface area contributed by atoms with Gasteiger partial charge in [0.15, 0.2) is 6.29 Å². The Morgan fingerprint density at radius 3 is 2.00 bits per heavy atom. The normalized spacial score (nSPS) is 19.7. The number of anilines is 1. The van der Waals surface area contributed by atoms with Crippen LogP contribution < -0.4 is 9.64 Å². The first-order chi connectivity index (χ1) is 21.1. The third-order valence-corrected chi connectivity index (χ3v) is 8.61. The highest BCUT2D eigenvalue weighted by Gasteiger charge is 2.37. The van der Waals surface area contributed by atoms with Crippen molar-refractivity contribution >= 4 is 5.69 Å². The Bertz CT molecular complexity index is 1130. The topological polar surface area (TPSA) is 40.2 Å². The van der Waals surface area contributed by atoms with Gasteiger partial charge in [0.05, 0.1) is 5.60 Å². The summed E-state index contributed by atoms with van der Waals surface area (Å²) < 4.78 is 23.1. The van der Waals surface area contributed by atoms with E-state index in [1.807, 2.05) is 47.0 Å². The molecule has 2 unspecified atom stereocenters. The molecule has 2 aliphatic rings. The van der Waals surface area contributed by atoms with Crippen molar-refractivity contribution in [3.05, 3.63) is 83.5 Å². The predicted molar refractivity (Wildman–Crippen MR) is 187 cm³/mol. The molecule has 5 nitrogen and oxygen atoms in total. The van der Waals surface area contributed by atoms with Crippen LogP contribution in [0.3, 0.4) is 0 Å². The Kier molecular flexibility index (Phi) is 15.7. The van der Waals surface area contributed by atoms with Crippen molar-refractivity contribution in [2.45, 2.75) is 111 Å². The van der Waals surface area contributed by atoms with Gasteiger partial charge >= 0.3 is 0 Å². The van der Waals surface area contributed by atoms with Crippen molar-refractivity contribution in [2.75, 3.05) is 39.3 Å². The molecule has 0 radical (unpaired) electrons. The Balaban J connectivity index is 0.00000104. The maximum Gasteiger partial charge on any atom is 0.159 e. The third-order valence-electron chi connectivity index (χ3n) is 8.61. The van der Waals surface area contributed by atoms with Gasteiger partial charge in [0.2, 0.25) is 0 Å². The smallest absolute Gasteiger partial charge is 0.159 e. The standard InChI is InChI=1S/C33H47NO4.C4H8.C2H6/c1-8-9-24-10-11-26-22-28(38-32(2,3)4)16-17-29(26)31(24)25-12-14-27(15-13-25)34-20-18-33(37-7,19-21-34)23-30(35-5)36-6;1-3-4-2;1-2/h8-9,12-17,22,24,30-31H,10-11,18-21,23H2,1-7H3;3-4H,1-2H3;1-2H3/b9-8+;4-3-;. The Morgan fingerprint density at radius 1 is 0.886 bits per heavy atom. The van der Waals surface area contributed by atoms with E-state index in [2.05, 4.69) is 87.2 Å². The summed E-state index contributed by atoms with van der Waals surface area (Å²) in [5.41, 5.74) is 5.11. The van der Waals surface area contributed by atoms with Crippen LogP contribution in [0.25, 0.3) is 0 Å². The molecule has 2 atom stereocenters. The summed E-state index contributed by atoms with van der Waals surface area (Å²) >= 11 is 0. The first kappa shape index (κ1) is 37.6. The maximum absolute atomic E-state index is 6.18. The van der Waals surface area contributed by atoms with Gasteiger partial charge in [-0.15, -0.1) is 0 Å². The minimum absolute atomic E-state index is 0.196. The fourth-order valence-electron chi connectivity index (χ4n) is 6.24. The van der Waals surface area contributed by atoms with Crippen molar-refractivity contribution in [3.63, 3.8) is 0 Å². The van der Waals surface area contributed by atoms with E-state index in [0.717, 1.165) is 50.9 Å². The highest BCUT2D eigenvalue weighted by Crippen LogP contribution is 2.43. The molecule has 1 aliphatic heterocycles. The van der Waals surface area contributed by atoms with Crippen LogP contribution in [0.1, 0.15) is 104 Å². The van der Waals surface area contributed by atoms with E-state index in [9.17, 15) is 0 Å². The molecule has 44 heavy (non-hydrogen) atoms. The fraction of sp³-hybridized carbons (Fsp3) is 0.590. The second kappa shape index (κ2) is 18.4.